The van der Waals surface area contributed by atoms with Gasteiger partial charge in [-0.15, -0.1) is 0 Å². The Kier molecular flexibility index (Phi) is 8.12. The first-order valence-electron chi connectivity index (χ1n) is 11.1. The van der Waals surface area contributed by atoms with E-state index in [0.29, 0.717) is 6.42 Å². The molecule has 2 saturated heterocycles. The lowest BCUT2D eigenvalue weighted by atomic mass is 9.69. The lowest BCUT2D eigenvalue weighted by Gasteiger charge is -2.56. The summed E-state index contributed by atoms with van der Waals surface area (Å²) in [6, 6.07) is 0. The van der Waals surface area contributed by atoms with Crippen molar-refractivity contribution >= 4 is 5.91 Å². The number of nitrogens with one attached hydrogen (secondary N) is 1. The zero-order chi connectivity index (χ0) is 21.1. The molecule has 5 heteroatoms. The molecule has 9 atom stereocenters. The monoisotopic (exact) mass is 395 g/mol. The average Bonchev–Trinajstić information content (AvgIpc) is 2.66. The second kappa shape index (κ2) is 9.73. The fourth-order valence-electron chi connectivity index (χ4n) is 5.03. The molecule has 1 spiro atoms. The maximum absolute atomic E-state index is 12.6. The number of ether oxygens (including phenoxy) is 1. The highest BCUT2D eigenvalue weighted by atomic mass is 16.5. The predicted octanol–water partition coefficient (Wildman–Crippen LogP) is 3.64. The highest BCUT2D eigenvalue weighted by Crippen LogP contribution is 2.46. The number of carbonyl (C=O) groups excluding carboxylic acids is 1. The number of allylic oxidation sites excluding steroid dienone is 2. The molecule has 2 heterocycles. The molecule has 0 aromatic heterocycles. The van der Waals surface area contributed by atoms with Gasteiger partial charge in [0.1, 0.15) is 5.72 Å². The zero-order valence-corrected chi connectivity index (χ0v) is 18.5. The normalized spacial score (nSPS) is 41.2. The molecular weight excluding hydrogens is 354 g/mol. The molecular formula is C23H41NO4. The fraction of sp³-hybridized carbons (Fsp3) is 0.870. The van der Waals surface area contributed by atoms with Crippen LogP contribution in [-0.2, 0) is 9.53 Å². The highest BCUT2D eigenvalue weighted by Gasteiger charge is 2.57. The Bertz CT molecular complexity index is 551. The molecule has 2 aliphatic heterocycles. The maximum atomic E-state index is 12.6. The van der Waals surface area contributed by atoms with E-state index >= 15 is 0 Å². The summed E-state index contributed by atoms with van der Waals surface area (Å²) >= 11 is 0. The molecule has 0 radical (unpaired) electrons. The van der Waals surface area contributed by atoms with Crippen LogP contribution >= 0.6 is 0 Å². The lowest BCUT2D eigenvalue weighted by molar-refractivity contribution is -0.267. The second-order valence-corrected chi connectivity index (χ2v) is 9.25. The first-order chi connectivity index (χ1) is 13.2. The topological polar surface area (TPSA) is 78.8 Å². The first-order valence-corrected chi connectivity index (χ1v) is 11.1. The molecule has 5 nitrogen and oxygen atoms in total. The molecule has 2 rings (SSSR count). The van der Waals surface area contributed by atoms with E-state index in [1.807, 2.05) is 33.8 Å². The van der Waals surface area contributed by atoms with E-state index in [4.69, 9.17) is 4.74 Å². The summed E-state index contributed by atoms with van der Waals surface area (Å²) in [5, 5.41) is 24.9. The fourth-order valence-corrected chi connectivity index (χ4v) is 5.03. The number of aliphatic hydroxyl groups excluding tert-OH is 2. The van der Waals surface area contributed by atoms with Crippen LogP contribution in [-0.4, -0.2) is 40.2 Å². The average molecular weight is 396 g/mol. The Morgan fingerprint density at radius 2 is 2.04 bits per heavy atom. The van der Waals surface area contributed by atoms with Crippen LogP contribution in [0.1, 0.15) is 73.6 Å². The van der Waals surface area contributed by atoms with Gasteiger partial charge in [0.05, 0.1) is 18.3 Å². The van der Waals surface area contributed by atoms with Crippen LogP contribution in [0.15, 0.2) is 12.2 Å². The Morgan fingerprint density at radius 3 is 2.64 bits per heavy atom. The number of rotatable bonds is 7. The van der Waals surface area contributed by atoms with E-state index in [1.165, 1.54) is 0 Å². The number of piperidine rings is 1. The van der Waals surface area contributed by atoms with Gasteiger partial charge < -0.3 is 20.3 Å². The van der Waals surface area contributed by atoms with Crippen LogP contribution in [0.25, 0.3) is 0 Å². The highest BCUT2D eigenvalue weighted by molar-refractivity contribution is 5.80. The van der Waals surface area contributed by atoms with Gasteiger partial charge >= 0.3 is 0 Å². The van der Waals surface area contributed by atoms with Gasteiger partial charge in [-0.1, -0.05) is 46.8 Å². The van der Waals surface area contributed by atoms with E-state index < -0.39 is 17.9 Å². The number of hydrogen-bond donors (Lipinski definition) is 3. The van der Waals surface area contributed by atoms with Crippen molar-refractivity contribution in [2.75, 3.05) is 0 Å². The van der Waals surface area contributed by atoms with E-state index in [9.17, 15) is 15.0 Å². The van der Waals surface area contributed by atoms with Gasteiger partial charge in [0.2, 0.25) is 5.91 Å². The van der Waals surface area contributed by atoms with Crippen LogP contribution in [0.4, 0.5) is 0 Å². The summed E-state index contributed by atoms with van der Waals surface area (Å²) < 4.78 is 6.57. The van der Waals surface area contributed by atoms with Gasteiger partial charge in [0.25, 0.3) is 0 Å². The van der Waals surface area contributed by atoms with Crippen molar-refractivity contribution in [3.8, 4) is 0 Å². The number of amides is 1. The smallest absolute Gasteiger partial charge is 0.225 e. The van der Waals surface area contributed by atoms with E-state index in [-0.39, 0.29) is 41.6 Å². The van der Waals surface area contributed by atoms with E-state index in [1.54, 1.807) is 0 Å². The maximum Gasteiger partial charge on any atom is 0.225 e. The predicted molar refractivity (Wildman–Crippen MR) is 111 cm³/mol. The minimum atomic E-state index is -0.854. The van der Waals surface area contributed by atoms with Gasteiger partial charge in [-0.05, 0) is 38.5 Å². The molecule has 162 valence electrons. The number of hydrogen-bond acceptors (Lipinski definition) is 4. The molecule has 0 aliphatic carbocycles. The van der Waals surface area contributed by atoms with Gasteiger partial charge in [0, 0.05) is 30.1 Å². The summed E-state index contributed by atoms with van der Waals surface area (Å²) in [4.78, 5) is 12.6. The molecule has 0 bridgehead atoms. The standard InChI is InChI=1S/C23H41NO4/c1-7-9-10-11-14(3)19(25)13-20-16(5)21(26)17(6)23(28-20)15(4)12-18(8-2)22(27)24-23/h7,9,14-21,25-26H,8,10-13H2,1-6H3,(H,24,27)/b9-7+/t14-,15-,16-,17-,18-,19-,20-,21-,23+/m0/s1. The molecule has 0 aromatic rings. The second-order valence-electron chi connectivity index (χ2n) is 9.25. The van der Waals surface area contributed by atoms with E-state index in [0.717, 1.165) is 25.7 Å². The molecule has 3 N–H and O–H groups in total. The van der Waals surface area contributed by atoms with Crippen molar-refractivity contribution in [3.63, 3.8) is 0 Å². The van der Waals surface area contributed by atoms with Crippen LogP contribution in [0.3, 0.4) is 0 Å². The SMILES string of the molecule is C/C=C/CC[C@H](C)[C@@H](O)C[C@@H]1O[C@@]2(NC(=O)[C@@H](CC)C[C@@H]2C)[C@@H](C)[C@@H](O)[C@H]1C. The molecule has 28 heavy (non-hydrogen) atoms. The summed E-state index contributed by atoms with van der Waals surface area (Å²) in [6.45, 7) is 12.2. The van der Waals surface area contributed by atoms with Crippen molar-refractivity contribution in [2.24, 2.45) is 29.6 Å². The van der Waals surface area contributed by atoms with Crippen LogP contribution < -0.4 is 5.32 Å². The first kappa shape index (κ1) is 23.4. The van der Waals surface area contributed by atoms with Gasteiger partial charge in [-0.25, -0.2) is 0 Å². The van der Waals surface area contributed by atoms with Gasteiger partial charge in [-0.2, -0.15) is 0 Å². The third-order valence-corrected chi connectivity index (χ3v) is 7.37. The van der Waals surface area contributed by atoms with Crippen molar-refractivity contribution in [2.45, 2.75) is 97.7 Å². The molecule has 2 fully saturated rings. The molecule has 1 amide bonds. The third-order valence-electron chi connectivity index (χ3n) is 7.37. The van der Waals surface area contributed by atoms with Crippen LogP contribution in [0.2, 0.25) is 0 Å². The van der Waals surface area contributed by atoms with Gasteiger partial charge in [-0.3, -0.25) is 4.79 Å². The van der Waals surface area contributed by atoms with Gasteiger partial charge in [0.15, 0.2) is 0 Å². The molecule has 0 saturated carbocycles. The van der Waals surface area contributed by atoms with Crippen LogP contribution in [0, 0.1) is 29.6 Å². The number of aliphatic hydroxyl groups is 2. The Balaban J connectivity index is 2.15. The quantitative estimate of drug-likeness (QED) is 0.575. The summed E-state index contributed by atoms with van der Waals surface area (Å²) in [5.41, 5.74) is -0.854. The zero-order valence-electron chi connectivity index (χ0n) is 18.5. The Labute approximate surface area is 170 Å². The minimum absolute atomic E-state index is 0.00333. The van der Waals surface area contributed by atoms with Crippen molar-refractivity contribution in [1.29, 1.82) is 0 Å². The molecule has 0 aromatic carbocycles. The van der Waals surface area contributed by atoms with E-state index in [2.05, 4.69) is 25.2 Å². The molecule has 2 aliphatic rings. The Hall–Kier alpha value is -0.910. The largest absolute Gasteiger partial charge is 0.393 e. The Morgan fingerprint density at radius 1 is 1.36 bits per heavy atom. The lowest BCUT2D eigenvalue weighted by Crippen LogP contribution is -2.71. The number of carbonyl (C=O) groups is 1. The minimum Gasteiger partial charge on any atom is -0.393 e. The summed E-state index contributed by atoms with van der Waals surface area (Å²) in [6.07, 6.45) is 6.71. The van der Waals surface area contributed by atoms with Crippen molar-refractivity contribution in [1.82, 2.24) is 5.32 Å². The van der Waals surface area contributed by atoms with Crippen molar-refractivity contribution < 1.29 is 19.7 Å². The molecule has 0 unspecified atom stereocenters. The van der Waals surface area contributed by atoms with Crippen LogP contribution in [0.5, 0.6) is 0 Å². The summed E-state index contributed by atoms with van der Waals surface area (Å²) in [5.74, 6) is 0.00365. The third kappa shape index (κ3) is 4.63. The summed E-state index contributed by atoms with van der Waals surface area (Å²) in [7, 11) is 0. The van der Waals surface area contributed by atoms with Crippen molar-refractivity contribution in [3.05, 3.63) is 12.2 Å².